The average molecular weight is 362 g/mol. The first-order valence-corrected chi connectivity index (χ1v) is 7.32. The number of thiazole rings is 1. The number of amides is 1. The third-order valence-electron chi connectivity index (χ3n) is 3.24. The second kappa shape index (κ2) is 8.38. The van der Waals surface area contributed by atoms with Crippen molar-refractivity contribution in [3.05, 3.63) is 29.5 Å². The fourth-order valence-electron chi connectivity index (χ4n) is 2.17. The van der Waals surface area contributed by atoms with Gasteiger partial charge in [-0.15, -0.1) is 36.2 Å². The predicted octanol–water partition coefficient (Wildman–Crippen LogP) is 1.88. The summed E-state index contributed by atoms with van der Waals surface area (Å²) in [5.41, 5.74) is 0. The molecule has 9 heteroatoms. The molecule has 1 saturated heterocycles. The minimum atomic E-state index is 0. The van der Waals surface area contributed by atoms with Crippen LogP contribution >= 0.6 is 36.2 Å². The first kappa shape index (κ1) is 18.8. The van der Waals surface area contributed by atoms with Crippen LogP contribution in [0.25, 0.3) is 10.8 Å². The van der Waals surface area contributed by atoms with Gasteiger partial charge in [0.2, 0.25) is 0 Å². The summed E-state index contributed by atoms with van der Waals surface area (Å²) in [4.78, 5) is 27.6. The van der Waals surface area contributed by atoms with Crippen LogP contribution < -0.4 is 5.32 Å². The number of halogens is 2. The molecule has 1 aliphatic heterocycles. The van der Waals surface area contributed by atoms with Crippen molar-refractivity contribution in [1.29, 1.82) is 0 Å². The lowest BCUT2D eigenvalue weighted by atomic mass is 10.2. The van der Waals surface area contributed by atoms with Crippen molar-refractivity contribution >= 4 is 42.1 Å². The van der Waals surface area contributed by atoms with E-state index in [1.54, 1.807) is 24.7 Å². The fourth-order valence-corrected chi connectivity index (χ4v) is 2.99. The van der Waals surface area contributed by atoms with Gasteiger partial charge in [0.1, 0.15) is 4.88 Å². The van der Waals surface area contributed by atoms with Gasteiger partial charge in [0.05, 0.1) is 6.20 Å². The monoisotopic (exact) mass is 361 g/mol. The van der Waals surface area contributed by atoms with Crippen molar-refractivity contribution in [1.82, 2.24) is 25.2 Å². The average Bonchev–Trinajstić information content (AvgIpc) is 2.98. The van der Waals surface area contributed by atoms with E-state index in [1.165, 1.54) is 11.3 Å². The molecule has 1 N–H and O–H groups in total. The minimum absolute atomic E-state index is 0. The lowest BCUT2D eigenvalue weighted by Gasteiger charge is -2.33. The normalized spacial score (nSPS) is 17.3. The van der Waals surface area contributed by atoms with E-state index in [0.29, 0.717) is 15.7 Å². The molecular formula is C13H17Cl2N5OS. The quantitative estimate of drug-likeness (QED) is 0.883. The maximum atomic E-state index is 12.5. The van der Waals surface area contributed by atoms with E-state index in [9.17, 15) is 4.79 Å². The Morgan fingerprint density at radius 3 is 2.73 bits per heavy atom. The van der Waals surface area contributed by atoms with Gasteiger partial charge in [-0.3, -0.25) is 4.79 Å². The van der Waals surface area contributed by atoms with Crippen molar-refractivity contribution in [3.63, 3.8) is 0 Å². The molecule has 0 aromatic carbocycles. The maximum absolute atomic E-state index is 12.5. The van der Waals surface area contributed by atoms with E-state index in [1.807, 2.05) is 11.8 Å². The van der Waals surface area contributed by atoms with Crippen molar-refractivity contribution in [2.24, 2.45) is 0 Å². The molecule has 0 spiro atoms. The van der Waals surface area contributed by atoms with Crippen LogP contribution in [0.3, 0.4) is 0 Å². The molecule has 1 amide bonds. The van der Waals surface area contributed by atoms with Crippen LogP contribution in [-0.4, -0.2) is 51.4 Å². The number of hydrogen-bond donors (Lipinski definition) is 1. The van der Waals surface area contributed by atoms with Crippen molar-refractivity contribution in [2.45, 2.75) is 13.0 Å². The van der Waals surface area contributed by atoms with Gasteiger partial charge in [-0.1, -0.05) is 0 Å². The first-order chi connectivity index (χ1) is 9.75. The van der Waals surface area contributed by atoms with Crippen LogP contribution in [0.4, 0.5) is 0 Å². The van der Waals surface area contributed by atoms with E-state index in [0.717, 1.165) is 19.6 Å². The third kappa shape index (κ3) is 3.92. The molecule has 2 aromatic heterocycles. The number of nitrogens with zero attached hydrogens (tertiary/aromatic N) is 4. The number of aromatic nitrogens is 3. The van der Waals surface area contributed by atoms with Gasteiger partial charge >= 0.3 is 0 Å². The zero-order chi connectivity index (χ0) is 13.9. The summed E-state index contributed by atoms with van der Waals surface area (Å²) in [5, 5.41) is 3.95. The Hall–Kier alpha value is -1.28. The summed E-state index contributed by atoms with van der Waals surface area (Å²) in [6.45, 7) is 4.45. The highest BCUT2D eigenvalue weighted by Gasteiger charge is 2.25. The molecule has 0 unspecified atom stereocenters. The van der Waals surface area contributed by atoms with Crippen molar-refractivity contribution in [2.75, 3.05) is 19.6 Å². The number of carbonyl (C=O) groups is 1. The molecular weight excluding hydrogens is 345 g/mol. The Kier molecular flexibility index (Phi) is 7.15. The van der Waals surface area contributed by atoms with Crippen LogP contribution in [0, 0.1) is 0 Å². The number of hydrogen-bond acceptors (Lipinski definition) is 6. The van der Waals surface area contributed by atoms with Crippen molar-refractivity contribution in [3.8, 4) is 10.8 Å². The number of piperazine rings is 1. The largest absolute Gasteiger partial charge is 0.333 e. The highest BCUT2D eigenvalue weighted by molar-refractivity contribution is 7.16. The van der Waals surface area contributed by atoms with Gasteiger partial charge in [-0.25, -0.2) is 15.0 Å². The van der Waals surface area contributed by atoms with Gasteiger partial charge in [-0.2, -0.15) is 0 Å². The van der Waals surface area contributed by atoms with Gasteiger partial charge in [-0.05, 0) is 13.0 Å². The van der Waals surface area contributed by atoms with Crippen LogP contribution in [0.2, 0.25) is 0 Å². The molecule has 0 bridgehead atoms. The van der Waals surface area contributed by atoms with Crippen LogP contribution in [-0.2, 0) is 0 Å². The molecule has 6 nitrogen and oxygen atoms in total. The van der Waals surface area contributed by atoms with E-state index >= 15 is 0 Å². The highest BCUT2D eigenvalue weighted by Crippen LogP contribution is 2.23. The van der Waals surface area contributed by atoms with E-state index in [4.69, 9.17) is 0 Å². The Morgan fingerprint density at radius 2 is 2.05 bits per heavy atom. The predicted molar refractivity (Wildman–Crippen MR) is 91.0 cm³/mol. The maximum Gasteiger partial charge on any atom is 0.265 e. The molecule has 1 atom stereocenters. The summed E-state index contributed by atoms with van der Waals surface area (Å²) in [6.07, 6.45) is 4.96. The molecule has 0 radical (unpaired) electrons. The smallest absolute Gasteiger partial charge is 0.265 e. The van der Waals surface area contributed by atoms with Crippen LogP contribution in [0.15, 0.2) is 24.7 Å². The molecule has 3 rings (SSSR count). The molecule has 22 heavy (non-hydrogen) atoms. The topological polar surface area (TPSA) is 71.0 Å². The Labute approximate surface area is 145 Å². The van der Waals surface area contributed by atoms with E-state index in [-0.39, 0.29) is 36.8 Å². The van der Waals surface area contributed by atoms with Crippen molar-refractivity contribution < 1.29 is 4.79 Å². The lowest BCUT2D eigenvalue weighted by molar-refractivity contribution is 0.0660. The summed E-state index contributed by atoms with van der Waals surface area (Å²) in [7, 11) is 0. The Balaban J connectivity index is 0.00000121. The van der Waals surface area contributed by atoms with Gasteiger partial charge in [0.15, 0.2) is 10.8 Å². The van der Waals surface area contributed by atoms with E-state index < -0.39 is 0 Å². The molecule has 120 valence electrons. The molecule has 1 aliphatic rings. The standard InChI is InChI=1S/C13H15N5OS.2ClH/c1-9-7-14-5-6-18(9)13(19)10-8-17-12(20-10)11-15-3-2-4-16-11;;/h2-4,8-9,14H,5-7H2,1H3;2*1H/t9-;;/m0../s1. The molecule has 2 aromatic rings. The molecule has 3 heterocycles. The summed E-state index contributed by atoms with van der Waals surface area (Å²) in [5.74, 6) is 0.601. The number of nitrogens with one attached hydrogen (secondary N) is 1. The summed E-state index contributed by atoms with van der Waals surface area (Å²) >= 11 is 1.34. The SMILES string of the molecule is C[C@H]1CNCCN1C(=O)c1cnc(-c2ncccn2)s1.Cl.Cl. The van der Waals surface area contributed by atoms with Gasteiger partial charge in [0.25, 0.3) is 5.91 Å². The zero-order valence-corrected chi connectivity index (χ0v) is 14.4. The summed E-state index contributed by atoms with van der Waals surface area (Å²) in [6, 6.07) is 1.96. The van der Waals surface area contributed by atoms with Crippen LogP contribution in [0.5, 0.6) is 0 Å². The van der Waals surface area contributed by atoms with Gasteiger partial charge in [0, 0.05) is 38.1 Å². The third-order valence-corrected chi connectivity index (χ3v) is 4.22. The fraction of sp³-hybridized carbons (Fsp3) is 0.385. The highest BCUT2D eigenvalue weighted by atomic mass is 35.5. The Bertz CT molecular complexity index is 609. The zero-order valence-electron chi connectivity index (χ0n) is 11.9. The van der Waals surface area contributed by atoms with Crippen LogP contribution in [0.1, 0.15) is 16.6 Å². The van der Waals surface area contributed by atoms with Gasteiger partial charge < -0.3 is 10.2 Å². The van der Waals surface area contributed by atoms with E-state index in [2.05, 4.69) is 20.3 Å². The minimum Gasteiger partial charge on any atom is -0.333 e. The second-order valence-electron chi connectivity index (χ2n) is 4.65. The molecule has 0 aliphatic carbocycles. The second-order valence-corrected chi connectivity index (χ2v) is 5.68. The number of carbonyl (C=O) groups excluding carboxylic acids is 1. The Morgan fingerprint density at radius 1 is 1.32 bits per heavy atom. The first-order valence-electron chi connectivity index (χ1n) is 6.50. The molecule has 0 saturated carbocycles. The lowest BCUT2D eigenvalue weighted by Crippen LogP contribution is -2.52. The summed E-state index contributed by atoms with van der Waals surface area (Å²) < 4.78 is 0. The molecule has 1 fully saturated rings. The number of rotatable bonds is 2.